The molecule has 3 rings (SSSR count). The van der Waals surface area contributed by atoms with Crippen LogP contribution in [-0.4, -0.2) is 67.6 Å². The molecule has 7 heteroatoms. The summed E-state index contributed by atoms with van der Waals surface area (Å²) in [5, 5.41) is 0.777. The fourth-order valence-corrected chi connectivity index (χ4v) is 3.27. The zero-order valence-corrected chi connectivity index (χ0v) is 18.2. The molecule has 0 bridgehead atoms. The third-order valence-corrected chi connectivity index (χ3v) is 5.38. The molecule has 2 fully saturated rings. The van der Waals surface area contributed by atoms with Gasteiger partial charge in [-0.3, -0.25) is 9.89 Å². The second-order valence-electron chi connectivity index (χ2n) is 6.90. The first kappa shape index (κ1) is 20.6. The summed E-state index contributed by atoms with van der Waals surface area (Å²) in [5.74, 6) is 0.682. The standard InChI is InChI=1S/C18H28ClN5.HI/c1-14(22(2)16-7-8-16)13-21-18(20)24-11-9-23(10-12-24)17-5-3-15(19)4-6-17;/h3-6,14,16H,7-13H2,1-2H3,(H2,20,21);1H. The van der Waals surface area contributed by atoms with E-state index in [1.54, 1.807) is 0 Å². The fourth-order valence-electron chi connectivity index (χ4n) is 3.14. The van der Waals surface area contributed by atoms with Crippen LogP contribution in [0.3, 0.4) is 0 Å². The number of aliphatic imine (C=N–C) groups is 1. The van der Waals surface area contributed by atoms with Crippen LogP contribution in [0.5, 0.6) is 0 Å². The lowest BCUT2D eigenvalue weighted by atomic mass is 10.2. The van der Waals surface area contributed by atoms with Gasteiger partial charge in [-0.05, 0) is 51.1 Å². The van der Waals surface area contributed by atoms with Crippen LogP contribution in [0.1, 0.15) is 19.8 Å². The summed E-state index contributed by atoms with van der Waals surface area (Å²) >= 11 is 5.96. The molecule has 140 valence electrons. The van der Waals surface area contributed by atoms with Crippen LogP contribution in [-0.2, 0) is 0 Å². The van der Waals surface area contributed by atoms with E-state index in [1.165, 1.54) is 18.5 Å². The Balaban J connectivity index is 0.00000225. The molecule has 5 nitrogen and oxygen atoms in total. The van der Waals surface area contributed by atoms with Gasteiger partial charge in [-0.2, -0.15) is 0 Å². The van der Waals surface area contributed by atoms with Gasteiger partial charge in [-0.25, -0.2) is 0 Å². The minimum Gasteiger partial charge on any atom is -0.370 e. The van der Waals surface area contributed by atoms with E-state index in [4.69, 9.17) is 17.3 Å². The van der Waals surface area contributed by atoms with Gasteiger partial charge in [0.25, 0.3) is 0 Å². The van der Waals surface area contributed by atoms with E-state index in [-0.39, 0.29) is 24.0 Å². The molecule has 1 atom stereocenters. The average molecular weight is 478 g/mol. The minimum atomic E-state index is 0. The van der Waals surface area contributed by atoms with E-state index in [1.807, 2.05) is 12.1 Å². The van der Waals surface area contributed by atoms with Crippen molar-refractivity contribution in [2.24, 2.45) is 10.7 Å². The van der Waals surface area contributed by atoms with Crippen molar-refractivity contribution in [3.63, 3.8) is 0 Å². The number of rotatable bonds is 5. The van der Waals surface area contributed by atoms with Gasteiger partial charge in [-0.1, -0.05) is 11.6 Å². The SMILES string of the molecule is CC(CN=C(N)N1CCN(c2ccc(Cl)cc2)CC1)N(C)C1CC1.I. The van der Waals surface area contributed by atoms with Gasteiger partial charge in [0.05, 0.1) is 6.54 Å². The number of hydrogen-bond donors (Lipinski definition) is 1. The topological polar surface area (TPSA) is 48.1 Å². The van der Waals surface area contributed by atoms with E-state index in [0.29, 0.717) is 12.0 Å². The molecule has 1 heterocycles. The van der Waals surface area contributed by atoms with E-state index >= 15 is 0 Å². The average Bonchev–Trinajstić information content (AvgIpc) is 3.44. The zero-order chi connectivity index (χ0) is 17.1. The number of likely N-dealkylation sites (N-methyl/N-ethyl adjacent to an activating group) is 1. The van der Waals surface area contributed by atoms with Crippen molar-refractivity contribution in [2.45, 2.75) is 31.8 Å². The Morgan fingerprint density at radius 2 is 1.84 bits per heavy atom. The third-order valence-electron chi connectivity index (χ3n) is 5.13. The molecule has 0 radical (unpaired) electrons. The number of piperazine rings is 1. The highest BCUT2D eigenvalue weighted by Gasteiger charge is 2.29. The summed E-state index contributed by atoms with van der Waals surface area (Å²) in [5.41, 5.74) is 7.43. The van der Waals surface area contributed by atoms with Crippen LogP contribution < -0.4 is 10.6 Å². The van der Waals surface area contributed by atoms with E-state index < -0.39 is 0 Å². The predicted octanol–water partition coefficient (Wildman–Crippen LogP) is 2.88. The third kappa shape index (κ3) is 5.62. The largest absolute Gasteiger partial charge is 0.370 e. The van der Waals surface area contributed by atoms with Gasteiger partial charge >= 0.3 is 0 Å². The number of nitrogens with zero attached hydrogens (tertiary/aromatic N) is 4. The molecule has 1 saturated carbocycles. The molecule has 1 aliphatic heterocycles. The van der Waals surface area contributed by atoms with Crippen LogP contribution >= 0.6 is 35.6 Å². The Hall–Kier alpha value is -0.730. The maximum absolute atomic E-state index is 6.21. The minimum absolute atomic E-state index is 0. The Morgan fingerprint density at radius 1 is 1.24 bits per heavy atom. The lowest BCUT2D eigenvalue weighted by molar-refractivity contribution is 0.252. The first-order chi connectivity index (χ1) is 11.5. The highest BCUT2D eigenvalue weighted by Crippen LogP contribution is 2.27. The number of hydrogen-bond acceptors (Lipinski definition) is 3. The van der Waals surface area contributed by atoms with Gasteiger partial charge in [-0.15, -0.1) is 24.0 Å². The summed E-state index contributed by atoms with van der Waals surface area (Å²) in [4.78, 5) is 11.6. The second-order valence-corrected chi connectivity index (χ2v) is 7.33. The molecule has 2 aliphatic rings. The smallest absolute Gasteiger partial charge is 0.191 e. The Bertz CT molecular complexity index is 567. The Kier molecular flexibility index (Phi) is 7.64. The van der Waals surface area contributed by atoms with Crippen molar-refractivity contribution in [1.82, 2.24) is 9.80 Å². The highest BCUT2D eigenvalue weighted by atomic mass is 127. The van der Waals surface area contributed by atoms with E-state index in [0.717, 1.165) is 43.8 Å². The van der Waals surface area contributed by atoms with Crippen LogP contribution in [0, 0.1) is 0 Å². The maximum Gasteiger partial charge on any atom is 0.191 e. The van der Waals surface area contributed by atoms with Gasteiger partial charge in [0, 0.05) is 49.0 Å². The molecule has 1 unspecified atom stereocenters. The quantitative estimate of drug-likeness (QED) is 0.402. The van der Waals surface area contributed by atoms with Crippen molar-refractivity contribution in [3.05, 3.63) is 29.3 Å². The monoisotopic (exact) mass is 477 g/mol. The lowest BCUT2D eigenvalue weighted by Crippen LogP contribution is -2.51. The van der Waals surface area contributed by atoms with Crippen LogP contribution in [0.2, 0.25) is 5.02 Å². The van der Waals surface area contributed by atoms with Crippen LogP contribution in [0.15, 0.2) is 29.3 Å². The molecule has 2 N–H and O–H groups in total. The first-order valence-electron chi connectivity index (χ1n) is 8.82. The second kappa shape index (κ2) is 9.28. The molecule has 1 aromatic rings. The highest BCUT2D eigenvalue weighted by molar-refractivity contribution is 14.0. The predicted molar refractivity (Wildman–Crippen MR) is 117 cm³/mol. The molecule has 1 saturated heterocycles. The molecule has 1 aromatic carbocycles. The Morgan fingerprint density at radius 3 is 2.40 bits per heavy atom. The number of benzene rings is 1. The molecule has 25 heavy (non-hydrogen) atoms. The van der Waals surface area contributed by atoms with Crippen molar-refractivity contribution in [2.75, 3.05) is 44.7 Å². The lowest BCUT2D eigenvalue weighted by Gasteiger charge is -2.36. The summed E-state index contributed by atoms with van der Waals surface area (Å²) in [7, 11) is 2.19. The number of halogens is 2. The summed E-state index contributed by atoms with van der Waals surface area (Å²) in [6.45, 7) is 6.73. The number of anilines is 1. The van der Waals surface area contributed by atoms with Gasteiger partial charge in [0.2, 0.25) is 0 Å². The maximum atomic E-state index is 6.21. The molecule has 0 amide bonds. The summed E-state index contributed by atoms with van der Waals surface area (Å²) < 4.78 is 0. The molecule has 0 spiro atoms. The molecule has 0 aromatic heterocycles. The van der Waals surface area contributed by atoms with Crippen molar-refractivity contribution in [3.8, 4) is 0 Å². The molecule has 1 aliphatic carbocycles. The van der Waals surface area contributed by atoms with Crippen molar-refractivity contribution >= 4 is 47.2 Å². The molecular formula is C18H29ClIN5. The summed E-state index contributed by atoms with van der Waals surface area (Å²) in [6, 6.07) is 9.24. The van der Waals surface area contributed by atoms with Crippen molar-refractivity contribution < 1.29 is 0 Å². The van der Waals surface area contributed by atoms with E-state index in [2.05, 4.69) is 45.8 Å². The van der Waals surface area contributed by atoms with Crippen LogP contribution in [0.25, 0.3) is 0 Å². The zero-order valence-electron chi connectivity index (χ0n) is 15.1. The molecular weight excluding hydrogens is 449 g/mol. The van der Waals surface area contributed by atoms with Gasteiger partial charge in [0.1, 0.15) is 0 Å². The first-order valence-corrected chi connectivity index (χ1v) is 9.19. The fraction of sp³-hybridized carbons (Fsp3) is 0.611. The Labute approximate surface area is 173 Å². The normalized spacial score (nSPS) is 19.8. The van der Waals surface area contributed by atoms with Gasteiger partial charge < -0.3 is 15.5 Å². The number of nitrogens with two attached hydrogens (primary N) is 1. The van der Waals surface area contributed by atoms with Crippen LogP contribution in [0.4, 0.5) is 5.69 Å². The van der Waals surface area contributed by atoms with Crippen molar-refractivity contribution in [1.29, 1.82) is 0 Å². The number of guanidine groups is 1. The van der Waals surface area contributed by atoms with Gasteiger partial charge in [0.15, 0.2) is 5.96 Å². The van der Waals surface area contributed by atoms with E-state index in [9.17, 15) is 0 Å². The summed E-state index contributed by atoms with van der Waals surface area (Å²) in [6.07, 6.45) is 2.65.